The van der Waals surface area contributed by atoms with Crippen LogP contribution in [-0.4, -0.2) is 29.1 Å². The van der Waals surface area contributed by atoms with Gasteiger partial charge in [0.15, 0.2) is 0 Å². The maximum atomic E-state index is 12.3. The van der Waals surface area contributed by atoms with Crippen molar-refractivity contribution in [1.29, 1.82) is 0 Å². The van der Waals surface area contributed by atoms with Gasteiger partial charge in [0.25, 0.3) is 0 Å². The van der Waals surface area contributed by atoms with E-state index in [2.05, 4.69) is 22.6 Å². The van der Waals surface area contributed by atoms with Gasteiger partial charge in [-0.25, -0.2) is 4.79 Å². The van der Waals surface area contributed by atoms with Gasteiger partial charge in [-0.15, -0.1) is 0 Å². The van der Waals surface area contributed by atoms with E-state index in [1.807, 2.05) is 0 Å². The van der Waals surface area contributed by atoms with Gasteiger partial charge in [0.1, 0.15) is 5.60 Å². The molecule has 0 saturated carbocycles. The number of hydrogen-bond acceptors (Lipinski definition) is 4. The van der Waals surface area contributed by atoms with Crippen LogP contribution in [0.1, 0.15) is 27.7 Å². The van der Waals surface area contributed by atoms with Crippen LogP contribution in [0, 0.1) is 5.41 Å². The van der Waals surface area contributed by atoms with Gasteiger partial charge in [0.05, 0.1) is 18.2 Å². The highest BCUT2D eigenvalue weighted by atomic mass is 127. The molecule has 0 N–H and O–H groups in total. The van der Waals surface area contributed by atoms with E-state index in [0.717, 1.165) is 9.15 Å². The lowest BCUT2D eigenvalue weighted by molar-refractivity contribution is -0.313. The zero-order chi connectivity index (χ0) is 16.0. The summed E-state index contributed by atoms with van der Waals surface area (Å²) in [4.78, 5) is 25.0. The molecule has 1 atom stereocenters. The van der Waals surface area contributed by atoms with E-state index in [1.165, 1.54) is 4.90 Å². The average Bonchev–Trinajstić information content (AvgIpc) is 2.64. The molecule has 1 unspecified atom stereocenters. The minimum absolute atomic E-state index is 0.393. The Balaban J connectivity index is 2.35. The largest absolute Gasteiger partial charge is 0.549 e. The van der Waals surface area contributed by atoms with Gasteiger partial charge in [-0.3, -0.25) is 4.90 Å². The first-order chi connectivity index (χ1) is 9.53. The van der Waals surface area contributed by atoms with Crippen molar-refractivity contribution < 1.29 is 19.4 Å². The fraction of sp³-hybridized carbons (Fsp3) is 0.467. The summed E-state index contributed by atoms with van der Waals surface area (Å²) in [6, 6.07) is 0. The monoisotopic (exact) mass is 402 g/mol. The number of amides is 1. The van der Waals surface area contributed by atoms with Gasteiger partial charge in [-0.05, 0) is 56.4 Å². The van der Waals surface area contributed by atoms with Gasteiger partial charge in [-0.2, -0.15) is 0 Å². The first-order valence-corrected chi connectivity index (χ1v) is 7.64. The second-order valence-electron chi connectivity index (χ2n) is 6.32. The molecule has 0 aromatic heterocycles. The van der Waals surface area contributed by atoms with Crippen LogP contribution in [0.25, 0.3) is 0 Å². The van der Waals surface area contributed by atoms with E-state index in [9.17, 15) is 14.7 Å². The van der Waals surface area contributed by atoms with E-state index in [4.69, 9.17) is 4.74 Å². The Bertz CT molecular complexity index is 597. The van der Waals surface area contributed by atoms with E-state index >= 15 is 0 Å². The van der Waals surface area contributed by atoms with Crippen LogP contribution in [0.3, 0.4) is 0 Å². The second kappa shape index (κ2) is 5.15. The van der Waals surface area contributed by atoms with Gasteiger partial charge in [0.2, 0.25) is 0 Å². The number of allylic oxidation sites excluding steroid dienone is 1. The summed E-state index contributed by atoms with van der Waals surface area (Å²) in [6.45, 7) is 7.31. The van der Waals surface area contributed by atoms with Crippen molar-refractivity contribution in [3.05, 3.63) is 33.1 Å². The number of fused-ring (bicyclic) bond motifs is 1. The standard InChI is InChI=1S/C15H18INO4/c1-14(2,3)21-13(20)17-8-10(16)9-5-6-15(4,12(18)19)7-11(9)17/h5-7H,8H2,1-4H3,(H,18,19)/p-1. The third kappa shape index (κ3) is 3.14. The van der Waals surface area contributed by atoms with Crippen LogP contribution in [-0.2, 0) is 9.53 Å². The number of hydrogen-bond donors (Lipinski definition) is 0. The summed E-state index contributed by atoms with van der Waals surface area (Å²) in [5.74, 6) is -1.20. The molecule has 1 aliphatic heterocycles. The predicted octanol–water partition coefficient (Wildman–Crippen LogP) is 2.14. The number of rotatable bonds is 1. The lowest BCUT2D eigenvalue weighted by Crippen LogP contribution is -2.40. The molecule has 0 aromatic carbocycles. The van der Waals surface area contributed by atoms with Crippen molar-refractivity contribution in [1.82, 2.24) is 4.90 Å². The smallest absolute Gasteiger partial charge is 0.415 e. The van der Waals surface area contributed by atoms with Gasteiger partial charge in [-0.1, -0.05) is 12.2 Å². The van der Waals surface area contributed by atoms with Crippen LogP contribution >= 0.6 is 22.6 Å². The molecule has 1 heterocycles. The SMILES string of the molecule is CC(C)(C)OC(=O)N1CC(I)=C2C=CC(C)(C(=O)[O-])C=C21. The van der Waals surface area contributed by atoms with E-state index in [0.29, 0.717) is 12.2 Å². The molecule has 0 spiro atoms. The van der Waals surface area contributed by atoms with Crippen molar-refractivity contribution >= 4 is 34.7 Å². The van der Waals surface area contributed by atoms with Gasteiger partial charge < -0.3 is 14.6 Å². The van der Waals surface area contributed by atoms with E-state index < -0.39 is 23.1 Å². The fourth-order valence-corrected chi connectivity index (χ4v) is 2.92. The number of carboxylic acid groups (broad SMARTS) is 1. The third-order valence-electron chi connectivity index (χ3n) is 3.24. The molecular formula is C15H17INO4-. The average molecular weight is 402 g/mol. The molecule has 0 saturated heterocycles. The van der Waals surface area contributed by atoms with Crippen LogP contribution < -0.4 is 5.11 Å². The highest BCUT2D eigenvalue weighted by molar-refractivity contribution is 14.1. The number of halogens is 1. The van der Waals surface area contributed by atoms with Crippen molar-refractivity contribution in [2.24, 2.45) is 5.41 Å². The van der Waals surface area contributed by atoms with E-state index in [-0.39, 0.29) is 0 Å². The minimum Gasteiger partial charge on any atom is -0.549 e. The topological polar surface area (TPSA) is 69.7 Å². The van der Waals surface area contributed by atoms with E-state index in [1.54, 1.807) is 45.9 Å². The number of carbonyl (C=O) groups is 2. The number of ether oxygens (including phenoxy) is 1. The van der Waals surface area contributed by atoms with Crippen LogP contribution in [0.15, 0.2) is 33.1 Å². The number of carbonyl (C=O) groups excluding carboxylic acids is 2. The van der Waals surface area contributed by atoms with Crippen LogP contribution in [0.5, 0.6) is 0 Å². The lowest BCUT2D eigenvalue weighted by Gasteiger charge is -2.31. The Morgan fingerprint density at radius 3 is 2.57 bits per heavy atom. The Morgan fingerprint density at radius 1 is 1.43 bits per heavy atom. The highest BCUT2D eigenvalue weighted by Gasteiger charge is 2.36. The Kier molecular flexibility index (Phi) is 3.94. The molecule has 114 valence electrons. The highest BCUT2D eigenvalue weighted by Crippen LogP contribution is 2.40. The summed E-state index contributed by atoms with van der Waals surface area (Å²) in [7, 11) is 0. The Labute approximate surface area is 137 Å². The van der Waals surface area contributed by atoms with Gasteiger partial charge >= 0.3 is 6.09 Å². The molecule has 5 nitrogen and oxygen atoms in total. The Morgan fingerprint density at radius 2 is 2.05 bits per heavy atom. The first kappa shape index (κ1) is 16.1. The Hall–Kier alpha value is -1.31. The third-order valence-corrected chi connectivity index (χ3v) is 4.16. The molecule has 1 aliphatic carbocycles. The number of nitrogens with zero attached hydrogens (tertiary/aromatic N) is 1. The molecule has 0 radical (unpaired) electrons. The second-order valence-corrected chi connectivity index (χ2v) is 7.62. The summed E-state index contributed by atoms with van der Waals surface area (Å²) < 4.78 is 6.35. The summed E-state index contributed by atoms with van der Waals surface area (Å²) in [5.41, 5.74) is -0.392. The molecule has 0 bridgehead atoms. The molecule has 1 amide bonds. The van der Waals surface area contributed by atoms with Crippen molar-refractivity contribution in [2.45, 2.75) is 33.3 Å². The molecule has 6 heteroatoms. The van der Waals surface area contributed by atoms with Crippen molar-refractivity contribution in [2.75, 3.05) is 6.54 Å². The fourth-order valence-electron chi connectivity index (χ4n) is 2.12. The zero-order valence-corrected chi connectivity index (χ0v) is 14.6. The molecular weight excluding hydrogens is 385 g/mol. The molecule has 2 aliphatic rings. The summed E-state index contributed by atoms with van der Waals surface area (Å²) >= 11 is 2.16. The normalized spacial score (nSPS) is 24.8. The lowest BCUT2D eigenvalue weighted by atomic mass is 9.84. The number of aliphatic carboxylic acids is 1. The zero-order valence-electron chi connectivity index (χ0n) is 12.4. The minimum atomic E-state index is -1.22. The molecule has 0 fully saturated rings. The maximum Gasteiger partial charge on any atom is 0.415 e. The quantitative estimate of drug-likeness (QED) is 0.631. The first-order valence-electron chi connectivity index (χ1n) is 6.56. The number of carboxylic acids is 1. The summed E-state index contributed by atoms with van der Waals surface area (Å²) in [6.07, 6.45) is 4.39. The van der Waals surface area contributed by atoms with Gasteiger partial charge in [0, 0.05) is 14.6 Å². The molecule has 0 aromatic rings. The van der Waals surface area contributed by atoms with Crippen LogP contribution in [0.4, 0.5) is 4.79 Å². The predicted molar refractivity (Wildman–Crippen MR) is 84.3 cm³/mol. The maximum absolute atomic E-state index is 12.3. The summed E-state index contributed by atoms with van der Waals surface area (Å²) in [5, 5.41) is 11.3. The molecule has 2 rings (SSSR count). The van der Waals surface area contributed by atoms with Crippen molar-refractivity contribution in [3.8, 4) is 0 Å². The van der Waals surface area contributed by atoms with Crippen LogP contribution in [0.2, 0.25) is 0 Å². The molecule has 21 heavy (non-hydrogen) atoms. The van der Waals surface area contributed by atoms with Crippen molar-refractivity contribution in [3.63, 3.8) is 0 Å².